The number of amides is 1. The lowest BCUT2D eigenvalue weighted by Gasteiger charge is -2.09. The van der Waals surface area contributed by atoms with Crippen LogP contribution in [0.1, 0.15) is 57.7 Å². The van der Waals surface area contributed by atoms with Crippen molar-refractivity contribution in [2.75, 3.05) is 12.4 Å². The van der Waals surface area contributed by atoms with E-state index in [1.807, 2.05) is 0 Å². The van der Waals surface area contributed by atoms with Crippen LogP contribution in [0.25, 0.3) is 22.5 Å². The number of hydrogen-bond donors (Lipinski definition) is 1. The normalized spacial score (nSPS) is 13.6. The maximum Gasteiger partial charge on any atom is 0.341 e. The van der Waals surface area contributed by atoms with Crippen LogP contribution < -0.4 is 5.32 Å². The largest absolute Gasteiger partial charge is 0.465 e. The van der Waals surface area contributed by atoms with E-state index < -0.39 is 18.3 Å². The van der Waals surface area contributed by atoms with Gasteiger partial charge in [0.2, 0.25) is 5.91 Å². The summed E-state index contributed by atoms with van der Waals surface area (Å²) < 4.78 is 39.5. The van der Waals surface area contributed by atoms with Gasteiger partial charge in [-0.05, 0) is 56.4 Å². The first kappa shape index (κ1) is 24.1. The SMILES string of the molecule is COC(=O)c1c(NC(=O)Cn2nc(C)c3c(C(F)F)cc(-c4ccco4)nc32)sc2c1CCCCC2. The van der Waals surface area contributed by atoms with Crippen molar-refractivity contribution in [1.82, 2.24) is 14.8 Å². The third-order valence-electron chi connectivity index (χ3n) is 6.27. The number of carbonyl (C=O) groups is 2. The number of thiophene rings is 1. The standard InChI is InChI=1S/C25H24F2N4O4S/c1-13-20-15(22(26)27)11-16(17-8-6-10-35-17)28-23(20)31(30-13)12-19(32)29-24-21(25(33)34-2)14-7-4-3-5-9-18(14)36-24/h6,8,10-11,22H,3-5,7,9,12H2,1-2H3,(H,29,32). The van der Waals surface area contributed by atoms with Crippen LogP contribution in [0.2, 0.25) is 0 Å². The van der Waals surface area contributed by atoms with E-state index >= 15 is 0 Å². The maximum atomic E-state index is 13.9. The van der Waals surface area contributed by atoms with Crippen LogP contribution in [0.4, 0.5) is 13.8 Å². The second kappa shape index (κ2) is 9.81. The Morgan fingerprint density at radius 2 is 2.08 bits per heavy atom. The number of nitrogens with one attached hydrogen (secondary N) is 1. The quantitative estimate of drug-likeness (QED) is 0.262. The molecule has 0 saturated carbocycles. The van der Waals surface area contributed by atoms with Gasteiger partial charge in [0.25, 0.3) is 6.43 Å². The van der Waals surface area contributed by atoms with Crippen LogP contribution in [0.15, 0.2) is 28.9 Å². The molecule has 0 atom stereocenters. The summed E-state index contributed by atoms with van der Waals surface area (Å²) in [6.45, 7) is 1.33. The van der Waals surface area contributed by atoms with E-state index in [2.05, 4.69) is 15.4 Å². The molecule has 0 aliphatic heterocycles. The summed E-state index contributed by atoms with van der Waals surface area (Å²) in [6, 6.07) is 4.55. The fraction of sp³-hybridized carbons (Fsp3) is 0.360. The molecule has 1 aliphatic carbocycles. The van der Waals surface area contributed by atoms with Gasteiger partial charge in [-0.2, -0.15) is 5.10 Å². The average Bonchev–Trinajstić information content (AvgIpc) is 3.53. The van der Waals surface area contributed by atoms with Crippen molar-refractivity contribution in [2.45, 2.75) is 52.0 Å². The van der Waals surface area contributed by atoms with Crippen LogP contribution in [-0.2, 0) is 28.9 Å². The molecule has 0 radical (unpaired) electrons. The molecule has 0 fully saturated rings. The van der Waals surface area contributed by atoms with Gasteiger partial charge < -0.3 is 14.5 Å². The number of alkyl halides is 2. The number of anilines is 1. The lowest BCUT2D eigenvalue weighted by Crippen LogP contribution is -2.21. The molecule has 0 unspecified atom stereocenters. The highest BCUT2D eigenvalue weighted by molar-refractivity contribution is 7.17. The van der Waals surface area contributed by atoms with Crippen LogP contribution in [0, 0.1) is 6.92 Å². The number of methoxy groups -OCH3 is 1. The molecule has 0 saturated heterocycles. The number of hydrogen-bond acceptors (Lipinski definition) is 7. The molecule has 188 valence electrons. The minimum absolute atomic E-state index is 0.155. The van der Waals surface area contributed by atoms with E-state index in [0.29, 0.717) is 22.0 Å². The maximum absolute atomic E-state index is 13.9. The molecule has 11 heteroatoms. The second-order valence-corrected chi connectivity index (χ2v) is 9.73. The van der Waals surface area contributed by atoms with Gasteiger partial charge in [0.05, 0.1) is 30.0 Å². The van der Waals surface area contributed by atoms with Crippen molar-refractivity contribution < 1.29 is 27.5 Å². The minimum atomic E-state index is -2.77. The van der Waals surface area contributed by atoms with E-state index in [9.17, 15) is 18.4 Å². The lowest BCUT2D eigenvalue weighted by molar-refractivity contribution is -0.116. The number of ether oxygens (including phenoxy) is 1. The number of furan rings is 1. The van der Waals surface area contributed by atoms with Gasteiger partial charge in [-0.1, -0.05) is 6.42 Å². The highest BCUT2D eigenvalue weighted by atomic mass is 32.1. The average molecular weight is 515 g/mol. The summed E-state index contributed by atoms with van der Waals surface area (Å²) >= 11 is 1.38. The van der Waals surface area contributed by atoms with Crippen molar-refractivity contribution in [3.05, 3.63) is 51.7 Å². The van der Waals surface area contributed by atoms with Gasteiger partial charge in [-0.15, -0.1) is 11.3 Å². The van der Waals surface area contributed by atoms with E-state index in [1.54, 1.807) is 19.1 Å². The summed E-state index contributed by atoms with van der Waals surface area (Å²) in [5.74, 6) is -0.613. The Hall–Kier alpha value is -3.60. The van der Waals surface area contributed by atoms with Gasteiger partial charge >= 0.3 is 5.97 Å². The number of fused-ring (bicyclic) bond motifs is 2. The molecule has 0 spiro atoms. The van der Waals surface area contributed by atoms with E-state index in [1.165, 1.54) is 35.5 Å². The van der Waals surface area contributed by atoms with Crippen LogP contribution in [0.3, 0.4) is 0 Å². The lowest BCUT2D eigenvalue weighted by atomic mass is 10.1. The smallest absolute Gasteiger partial charge is 0.341 e. The zero-order valence-electron chi connectivity index (χ0n) is 19.8. The molecule has 0 aromatic carbocycles. The third kappa shape index (κ3) is 4.39. The van der Waals surface area contributed by atoms with Crippen LogP contribution in [-0.4, -0.2) is 33.8 Å². The predicted molar refractivity (Wildman–Crippen MR) is 130 cm³/mol. The highest BCUT2D eigenvalue weighted by Gasteiger charge is 2.27. The van der Waals surface area contributed by atoms with Crippen molar-refractivity contribution in [2.24, 2.45) is 0 Å². The van der Waals surface area contributed by atoms with Gasteiger partial charge in [0, 0.05) is 10.4 Å². The topological polar surface area (TPSA) is 99.2 Å². The van der Waals surface area contributed by atoms with Gasteiger partial charge in [0.1, 0.15) is 17.2 Å². The van der Waals surface area contributed by atoms with Crippen LogP contribution >= 0.6 is 11.3 Å². The zero-order valence-corrected chi connectivity index (χ0v) is 20.6. The molecule has 5 rings (SSSR count). The van der Waals surface area contributed by atoms with Crippen molar-refractivity contribution in [3.8, 4) is 11.5 Å². The molecular weight excluding hydrogens is 490 g/mol. The second-order valence-electron chi connectivity index (χ2n) is 8.62. The number of carbonyl (C=O) groups excluding carboxylic acids is 2. The number of pyridine rings is 1. The molecular formula is C25H24F2N4O4S. The Balaban J connectivity index is 1.50. The Labute approximate surface area is 209 Å². The highest BCUT2D eigenvalue weighted by Crippen LogP contribution is 2.38. The van der Waals surface area contributed by atoms with Crippen molar-refractivity contribution in [3.63, 3.8) is 0 Å². The number of rotatable bonds is 6. The van der Waals surface area contributed by atoms with Crippen molar-refractivity contribution in [1.29, 1.82) is 0 Å². The summed E-state index contributed by atoms with van der Waals surface area (Å²) in [5.41, 5.74) is 1.82. The summed E-state index contributed by atoms with van der Waals surface area (Å²) in [5, 5.41) is 7.79. The monoisotopic (exact) mass is 514 g/mol. The molecule has 8 nitrogen and oxygen atoms in total. The Morgan fingerprint density at radius 1 is 1.28 bits per heavy atom. The Bertz CT molecular complexity index is 1440. The molecule has 4 aromatic heterocycles. The molecule has 0 bridgehead atoms. The van der Waals surface area contributed by atoms with Crippen molar-refractivity contribution >= 4 is 39.2 Å². The van der Waals surface area contributed by atoms with E-state index in [-0.39, 0.29) is 28.8 Å². The molecule has 36 heavy (non-hydrogen) atoms. The fourth-order valence-corrected chi connectivity index (χ4v) is 5.96. The number of aromatic nitrogens is 3. The Morgan fingerprint density at radius 3 is 2.81 bits per heavy atom. The van der Waals surface area contributed by atoms with Gasteiger partial charge in [0.15, 0.2) is 11.4 Å². The van der Waals surface area contributed by atoms with E-state index in [0.717, 1.165) is 42.5 Å². The zero-order chi connectivity index (χ0) is 25.4. The number of esters is 1. The molecule has 1 N–H and O–H groups in total. The number of halogens is 2. The summed E-state index contributed by atoms with van der Waals surface area (Å²) in [7, 11) is 1.32. The third-order valence-corrected chi connectivity index (χ3v) is 7.48. The van der Waals surface area contributed by atoms with Gasteiger partial charge in [-0.25, -0.2) is 23.2 Å². The fourth-order valence-electron chi connectivity index (χ4n) is 4.67. The molecule has 1 amide bonds. The first-order valence-corrected chi connectivity index (χ1v) is 12.4. The Kier molecular flexibility index (Phi) is 6.57. The predicted octanol–water partition coefficient (Wildman–Crippen LogP) is 5.69. The first-order valence-electron chi connectivity index (χ1n) is 11.6. The summed E-state index contributed by atoms with van der Waals surface area (Å²) in [4.78, 5) is 31.2. The summed E-state index contributed by atoms with van der Waals surface area (Å²) in [6.07, 6.45) is 3.35. The van der Waals surface area contributed by atoms with Crippen LogP contribution in [0.5, 0.6) is 0 Å². The minimum Gasteiger partial charge on any atom is -0.465 e. The first-order chi connectivity index (χ1) is 17.4. The number of aryl methyl sites for hydroxylation is 2. The number of nitrogens with zero attached hydrogens (tertiary/aromatic N) is 3. The molecule has 1 aliphatic rings. The molecule has 4 heterocycles. The van der Waals surface area contributed by atoms with E-state index in [4.69, 9.17) is 9.15 Å². The molecule has 4 aromatic rings. The van der Waals surface area contributed by atoms with Gasteiger partial charge in [-0.3, -0.25) is 4.79 Å².